The van der Waals surface area contributed by atoms with Crippen LogP contribution in [0, 0.1) is 6.42 Å². The van der Waals surface area contributed by atoms with Crippen LogP contribution in [0.1, 0.15) is 12.1 Å². The van der Waals surface area contributed by atoms with Crippen LogP contribution >= 0.6 is 0 Å². The van der Waals surface area contributed by atoms with Gasteiger partial charge in [0.15, 0.2) is 0 Å². The minimum absolute atomic E-state index is 0.141. The maximum absolute atomic E-state index is 11.2. The average molecular weight is 206 g/mol. The van der Waals surface area contributed by atoms with E-state index in [1.54, 1.807) is 24.4 Å². The van der Waals surface area contributed by atoms with Gasteiger partial charge in [-0.15, -0.1) is 0 Å². The van der Waals surface area contributed by atoms with Gasteiger partial charge in [0.1, 0.15) is 0 Å². The van der Waals surface area contributed by atoms with Crippen LogP contribution in [-0.2, 0) is 9.59 Å². The van der Waals surface area contributed by atoms with Gasteiger partial charge in [-0.3, -0.25) is 14.6 Å². The van der Waals surface area contributed by atoms with E-state index in [0.29, 0.717) is 5.69 Å². The molecule has 0 unspecified atom stereocenters. The number of aromatic nitrogens is 1. The molecular weight excluding hydrogens is 194 g/mol. The van der Waals surface area contributed by atoms with Gasteiger partial charge >= 0.3 is 0 Å². The highest BCUT2D eigenvalue weighted by atomic mass is 16.2. The summed E-state index contributed by atoms with van der Waals surface area (Å²) in [5.41, 5.74) is 5.50. The first-order valence-electron chi connectivity index (χ1n) is 4.50. The Kier molecular flexibility index (Phi) is 4.28. The molecule has 0 fully saturated rings. The zero-order valence-electron chi connectivity index (χ0n) is 8.14. The smallest absolute Gasteiger partial charge is 0.230 e. The van der Waals surface area contributed by atoms with Crippen molar-refractivity contribution in [1.29, 1.82) is 0 Å². The predicted molar refractivity (Wildman–Crippen MR) is 54.5 cm³/mol. The van der Waals surface area contributed by atoms with Gasteiger partial charge in [-0.25, -0.2) is 0 Å². The Hall–Kier alpha value is -1.91. The second-order valence-corrected chi connectivity index (χ2v) is 2.91. The van der Waals surface area contributed by atoms with Crippen LogP contribution in [0.5, 0.6) is 0 Å². The third kappa shape index (κ3) is 4.75. The van der Waals surface area contributed by atoms with Crippen molar-refractivity contribution in [3.63, 3.8) is 0 Å². The molecule has 1 radical (unpaired) electrons. The van der Waals surface area contributed by atoms with Crippen LogP contribution in [0.25, 0.3) is 0 Å². The van der Waals surface area contributed by atoms with Crippen molar-refractivity contribution in [2.45, 2.75) is 6.42 Å². The molecule has 3 N–H and O–H groups in total. The van der Waals surface area contributed by atoms with Crippen LogP contribution < -0.4 is 11.1 Å². The van der Waals surface area contributed by atoms with E-state index in [-0.39, 0.29) is 18.9 Å². The van der Waals surface area contributed by atoms with Crippen LogP contribution in [0.4, 0.5) is 0 Å². The summed E-state index contributed by atoms with van der Waals surface area (Å²) in [7, 11) is 0. The Labute approximate surface area is 87.7 Å². The van der Waals surface area contributed by atoms with Crippen molar-refractivity contribution in [3.05, 3.63) is 36.5 Å². The molecule has 1 aromatic rings. The average Bonchev–Trinajstić information content (AvgIpc) is 2.18. The summed E-state index contributed by atoms with van der Waals surface area (Å²) in [6.07, 6.45) is 3.10. The molecule has 1 rings (SSSR count). The largest absolute Gasteiger partial charge is 0.370 e. The minimum Gasteiger partial charge on any atom is -0.370 e. The number of hydrogen-bond acceptors (Lipinski definition) is 3. The molecule has 0 aliphatic rings. The quantitative estimate of drug-likeness (QED) is 0.689. The maximum Gasteiger partial charge on any atom is 0.230 e. The van der Waals surface area contributed by atoms with Gasteiger partial charge in [0.05, 0.1) is 12.1 Å². The number of carbonyl (C=O) groups excluding carboxylic acids is 2. The highest BCUT2D eigenvalue weighted by molar-refractivity contribution is 5.88. The summed E-state index contributed by atoms with van der Waals surface area (Å²) in [6, 6.07) is 5.27. The van der Waals surface area contributed by atoms with Crippen molar-refractivity contribution in [3.8, 4) is 0 Å². The van der Waals surface area contributed by atoms with Crippen LogP contribution in [0.2, 0.25) is 0 Å². The molecule has 0 saturated heterocycles. The summed E-state index contributed by atoms with van der Waals surface area (Å²) < 4.78 is 0. The molecule has 15 heavy (non-hydrogen) atoms. The Morgan fingerprint density at radius 2 is 2.27 bits per heavy atom. The number of amides is 2. The number of nitrogens with one attached hydrogen (secondary N) is 1. The lowest BCUT2D eigenvalue weighted by molar-refractivity contribution is -0.118. The molecule has 2 amide bonds. The third-order valence-corrected chi connectivity index (χ3v) is 1.64. The summed E-state index contributed by atoms with van der Waals surface area (Å²) in [4.78, 5) is 25.6. The van der Waals surface area contributed by atoms with Crippen molar-refractivity contribution in [1.82, 2.24) is 10.3 Å². The number of nitrogens with two attached hydrogens (primary N) is 1. The molecule has 0 spiro atoms. The normalized spacial score (nSPS) is 9.60. The lowest BCUT2D eigenvalue weighted by atomic mass is 10.2. The lowest BCUT2D eigenvalue weighted by Crippen LogP contribution is -2.28. The monoisotopic (exact) mass is 206 g/mol. The Morgan fingerprint density at radius 1 is 1.47 bits per heavy atom. The molecule has 0 aromatic carbocycles. The van der Waals surface area contributed by atoms with Crippen LogP contribution in [0.3, 0.4) is 0 Å². The molecule has 0 bridgehead atoms. The highest BCUT2D eigenvalue weighted by Crippen LogP contribution is 1.96. The Morgan fingerprint density at radius 3 is 2.87 bits per heavy atom. The zero-order chi connectivity index (χ0) is 11.1. The lowest BCUT2D eigenvalue weighted by Gasteiger charge is -2.02. The summed E-state index contributed by atoms with van der Waals surface area (Å²) in [5, 5.41) is 2.53. The number of primary amides is 1. The topological polar surface area (TPSA) is 85.1 Å². The van der Waals surface area contributed by atoms with Crippen LogP contribution in [-0.4, -0.2) is 23.3 Å². The first-order valence-corrected chi connectivity index (χ1v) is 4.50. The van der Waals surface area contributed by atoms with Gasteiger partial charge < -0.3 is 11.1 Å². The van der Waals surface area contributed by atoms with Gasteiger partial charge in [-0.05, 0) is 12.1 Å². The molecule has 5 heteroatoms. The van der Waals surface area contributed by atoms with E-state index in [4.69, 9.17) is 5.73 Å². The summed E-state index contributed by atoms with van der Waals surface area (Å²) in [6.45, 7) is 0.248. The van der Waals surface area contributed by atoms with Gasteiger partial charge in [0.25, 0.3) is 0 Å². The fourth-order valence-corrected chi connectivity index (χ4v) is 0.956. The van der Waals surface area contributed by atoms with Gasteiger partial charge in [-0.1, -0.05) is 6.07 Å². The molecule has 79 valence electrons. The van der Waals surface area contributed by atoms with Crippen molar-refractivity contribution >= 4 is 11.8 Å². The molecule has 0 saturated carbocycles. The van der Waals surface area contributed by atoms with Gasteiger partial charge in [0.2, 0.25) is 11.8 Å². The van der Waals surface area contributed by atoms with Gasteiger partial charge in [-0.2, -0.15) is 0 Å². The predicted octanol–water partition coefficient (Wildman–Crippen LogP) is -0.374. The number of rotatable bonds is 5. The zero-order valence-corrected chi connectivity index (χ0v) is 8.14. The van der Waals surface area contributed by atoms with Crippen molar-refractivity contribution in [2.24, 2.45) is 5.73 Å². The fraction of sp³-hybridized carbons (Fsp3) is 0.200. The Balaban J connectivity index is 2.28. The molecule has 1 heterocycles. The van der Waals surface area contributed by atoms with Crippen molar-refractivity contribution < 1.29 is 9.59 Å². The third-order valence-electron chi connectivity index (χ3n) is 1.64. The van der Waals surface area contributed by atoms with Crippen LogP contribution in [0.15, 0.2) is 24.4 Å². The van der Waals surface area contributed by atoms with E-state index in [1.165, 1.54) is 6.42 Å². The van der Waals surface area contributed by atoms with E-state index in [9.17, 15) is 9.59 Å². The van der Waals surface area contributed by atoms with E-state index < -0.39 is 5.91 Å². The van der Waals surface area contributed by atoms with Gasteiger partial charge in [0, 0.05) is 19.2 Å². The summed E-state index contributed by atoms with van der Waals surface area (Å²) in [5.74, 6) is -0.719. The van der Waals surface area contributed by atoms with E-state index >= 15 is 0 Å². The number of pyridine rings is 1. The molecule has 1 aromatic heterocycles. The minimum atomic E-state index is -0.437. The second-order valence-electron chi connectivity index (χ2n) is 2.91. The Bertz CT molecular complexity index is 338. The standard InChI is InChI=1S/C10H12N3O2/c11-9(14)4-6-13-10(15)7-8-3-1-2-5-12-8/h1-3,5,7H,4,6H2,(H2,11,14)(H,13,15). The molecular formula is C10H12N3O2. The van der Waals surface area contributed by atoms with E-state index in [0.717, 1.165) is 0 Å². The maximum atomic E-state index is 11.2. The fourth-order valence-electron chi connectivity index (χ4n) is 0.956. The number of nitrogens with zero attached hydrogens (tertiary/aromatic N) is 1. The number of hydrogen-bond donors (Lipinski definition) is 2. The van der Waals surface area contributed by atoms with E-state index in [2.05, 4.69) is 10.3 Å². The van der Waals surface area contributed by atoms with E-state index in [1.807, 2.05) is 0 Å². The summed E-state index contributed by atoms with van der Waals surface area (Å²) >= 11 is 0. The first kappa shape index (κ1) is 11.2. The molecule has 0 atom stereocenters. The molecule has 5 nitrogen and oxygen atoms in total. The second kappa shape index (κ2) is 5.74. The molecule has 0 aliphatic heterocycles. The number of carbonyl (C=O) groups is 2. The SMILES string of the molecule is NC(=O)CCNC(=O)[CH]c1ccccn1. The van der Waals surface area contributed by atoms with Crippen molar-refractivity contribution in [2.75, 3.05) is 6.54 Å². The highest BCUT2D eigenvalue weighted by Gasteiger charge is 2.04. The first-order chi connectivity index (χ1) is 7.18. The molecule has 0 aliphatic carbocycles.